The molecular formula is C24H26FN3O7S. The molecule has 36 heavy (non-hydrogen) atoms. The fourth-order valence-corrected chi connectivity index (χ4v) is 4.00. The van der Waals surface area contributed by atoms with Crippen LogP contribution < -0.4 is 9.47 Å². The Bertz CT molecular complexity index is 1340. The predicted octanol–water partition coefficient (Wildman–Crippen LogP) is 2.51. The van der Waals surface area contributed by atoms with Gasteiger partial charge < -0.3 is 29.4 Å². The summed E-state index contributed by atoms with van der Waals surface area (Å²) in [5.41, 5.74) is 1.89. The summed E-state index contributed by atoms with van der Waals surface area (Å²) in [5, 5.41) is 18.9. The van der Waals surface area contributed by atoms with Gasteiger partial charge in [0.15, 0.2) is 14.9 Å². The van der Waals surface area contributed by atoms with Crippen LogP contribution in [0.4, 0.5) is 4.39 Å². The molecule has 0 unspecified atom stereocenters. The number of H-pyrrole nitrogens is 1. The molecule has 3 N–H and O–H groups in total. The number of aliphatic hydroxyl groups excluding tert-OH is 2. The molecule has 192 valence electrons. The second-order valence-corrected chi connectivity index (χ2v) is 10.3. The maximum atomic E-state index is 13.1. The first kappa shape index (κ1) is 25.6. The van der Waals surface area contributed by atoms with E-state index < -0.39 is 41.4 Å². The van der Waals surface area contributed by atoms with Crippen molar-refractivity contribution in [1.29, 1.82) is 0 Å². The van der Waals surface area contributed by atoms with Crippen LogP contribution in [0.1, 0.15) is 12.6 Å². The van der Waals surface area contributed by atoms with Gasteiger partial charge in [0.1, 0.15) is 54.5 Å². The number of aromatic nitrogens is 2. The molecule has 3 aromatic rings. The number of pyridine rings is 1. The van der Waals surface area contributed by atoms with E-state index in [0.29, 0.717) is 40.1 Å². The zero-order chi connectivity index (χ0) is 25.9. The maximum Gasteiger partial charge on any atom is 0.233 e. The van der Waals surface area contributed by atoms with Crippen molar-refractivity contribution in [3.8, 4) is 28.5 Å². The molecule has 10 nitrogen and oxygen atoms in total. The molecule has 0 bridgehead atoms. The summed E-state index contributed by atoms with van der Waals surface area (Å²) in [6.45, 7) is 0.655. The van der Waals surface area contributed by atoms with Crippen molar-refractivity contribution in [3.63, 3.8) is 0 Å². The van der Waals surface area contributed by atoms with Crippen molar-refractivity contribution in [2.24, 2.45) is 4.99 Å². The van der Waals surface area contributed by atoms with E-state index in [1.807, 2.05) is 0 Å². The highest BCUT2D eigenvalue weighted by Crippen LogP contribution is 2.33. The van der Waals surface area contributed by atoms with Crippen LogP contribution >= 0.6 is 0 Å². The van der Waals surface area contributed by atoms with Gasteiger partial charge in [0.2, 0.25) is 5.90 Å². The van der Waals surface area contributed by atoms with Gasteiger partial charge in [0, 0.05) is 23.6 Å². The number of benzene rings is 1. The molecule has 0 fully saturated rings. The summed E-state index contributed by atoms with van der Waals surface area (Å²) in [4.78, 5) is 11.4. The van der Waals surface area contributed by atoms with Crippen molar-refractivity contribution in [1.82, 2.24) is 9.97 Å². The number of alkyl halides is 1. The molecule has 1 aliphatic heterocycles. The predicted molar refractivity (Wildman–Crippen MR) is 129 cm³/mol. The molecule has 0 saturated heterocycles. The van der Waals surface area contributed by atoms with Gasteiger partial charge >= 0.3 is 0 Å². The zero-order valence-corrected chi connectivity index (χ0v) is 20.4. The second-order valence-electron chi connectivity index (χ2n) is 8.33. The molecule has 3 heterocycles. The normalized spacial score (nSPS) is 17.2. The molecule has 0 spiro atoms. The third kappa shape index (κ3) is 6.01. The van der Waals surface area contributed by atoms with Crippen LogP contribution in [0.3, 0.4) is 0 Å². The van der Waals surface area contributed by atoms with Crippen LogP contribution in [0.15, 0.2) is 58.7 Å². The third-order valence-electron chi connectivity index (χ3n) is 5.29. The molecule has 0 saturated carbocycles. The van der Waals surface area contributed by atoms with Crippen LogP contribution in [0.5, 0.6) is 17.2 Å². The molecule has 0 radical (unpaired) electrons. The number of aliphatic hydroxyl groups is 2. The minimum atomic E-state index is -3.45. The van der Waals surface area contributed by atoms with Crippen molar-refractivity contribution in [3.05, 3.63) is 54.4 Å². The second kappa shape index (κ2) is 10.6. The van der Waals surface area contributed by atoms with Crippen LogP contribution in [-0.2, 0) is 14.6 Å². The van der Waals surface area contributed by atoms with E-state index in [4.69, 9.17) is 19.3 Å². The smallest absolute Gasteiger partial charge is 0.233 e. The van der Waals surface area contributed by atoms with Crippen LogP contribution in [-0.4, -0.2) is 78.9 Å². The number of ether oxygens (including phenoxy) is 3. The summed E-state index contributed by atoms with van der Waals surface area (Å²) in [6.07, 6.45) is 0.674. The SMILES string of the molecule is C[C@@H](CF)Oc1cc(Oc2ccc(S(C)(=O)=O)nc2)cc(-c2ccc(C3=N[C@H]([C@@H](O)CO)CO3)[nH]2)c1. The average Bonchev–Trinajstić information content (AvgIpc) is 3.53. The number of nitrogens with one attached hydrogen (secondary N) is 1. The van der Waals surface area contributed by atoms with E-state index in [2.05, 4.69) is 15.0 Å². The summed E-state index contributed by atoms with van der Waals surface area (Å²) in [5.74, 6) is 1.34. The lowest BCUT2D eigenvalue weighted by atomic mass is 10.1. The lowest BCUT2D eigenvalue weighted by molar-refractivity contribution is 0.0666. The Hall–Kier alpha value is -3.48. The Labute approximate surface area is 207 Å². The third-order valence-corrected chi connectivity index (χ3v) is 6.29. The van der Waals surface area contributed by atoms with E-state index in [-0.39, 0.29) is 11.6 Å². The average molecular weight is 520 g/mol. The number of aromatic amines is 1. The molecular weight excluding hydrogens is 493 g/mol. The number of hydrogen-bond acceptors (Lipinski definition) is 9. The summed E-state index contributed by atoms with van der Waals surface area (Å²) in [7, 11) is -3.45. The van der Waals surface area contributed by atoms with Gasteiger partial charge in [-0.3, -0.25) is 0 Å². The number of nitrogens with zero attached hydrogens (tertiary/aromatic N) is 2. The van der Waals surface area contributed by atoms with Crippen molar-refractivity contribution < 1.29 is 37.2 Å². The fraction of sp³-hybridized carbons (Fsp3) is 0.333. The van der Waals surface area contributed by atoms with Gasteiger partial charge in [-0.2, -0.15) is 0 Å². The maximum absolute atomic E-state index is 13.1. The van der Waals surface area contributed by atoms with Crippen molar-refractivity contribution in [2.45, 2.75) is 30.2 Å². The van der Waals surface area contributed by atoms with Gasteiger partial charge in [-0.15, -0.1) is 0 Å². The van der Waals surface area contributed by atoms with E-state index in [1.165, 1.54) is 18.3 Å². The monoisotopic (exact) mass is 519 g/mol. The Morgan fingerprint density at radius 1 is 1.17 bits per heavy atom. The Morgan fingerprint density at radius 3 is 2.58 bits per heavy atom. The number of rotatable bonds is 10. The molecule has 1 aliphatic rings. The first-order valence-electron chi connectivity index (χ1n) is 11.1. The van der Waals surface area contributed by atoms with E-state index in [1.54, 1.807) is 37.3 Å². The highest BCUT2D eigenvalue weighted by Gasteiger charge is 2.27. The van der Waals surface area contributed by atoms with Gasteiger partial charge in [-0.05, 0) is 43.3 Å². The highest BCUT2D eigenvalue weighted by atomic mass is 32.2. The summed E-state index contributed by atoms with van der Waals surface area (Å²) >= 11 is 0. The van der Waals surface area contributed by atoms with Crippen LogP contribution in [0, 0.1) is 0 Å². The molecule has 3 atom stereocenters. The van der Waals surface area contributed by atoms with Gasteiger partial charge in [-0.25, -0.2) is 22.8 Å². The fourth-order valence-electron chi connectivity index (χ4n) is 3.44. The quantitative estimate of drug-likeness (QED) is 0.371. The van der Waals surface area contributed by atoms with E-state index in [9.17, 15) is 17.9 Å². The van der Waals surface area contributed by atoms with Crippen molar-refractivity contribution >= 4 is 15.7 Å². The van der Waals surface area contributed by atoms with E-state index >= 15 is 0 Å². The molecule has 4 rings (SSSR count). The molecule has 0 amide bonds. The topological polar surface area (TPSA) is 143 Å². The summed E-state index contributed by atoms with van der Waals surface area (Å²) in [6, 6.07) is 10.9. The molecule has 12 heteroatoms. The Kier molecular flexibility index (Phi) is 7.57. The van der Waals surface area contributed by atoms with E-state index in [0.717, 1.165) is 6.26 Å². The Balaban J connectivity index is 1.62. The summed E-state index contributed by atoms with van der Waals surface area (Å²) < 4.78 is 53.5. The highest BCUT2D eigenvalue weighted by molar-refractivity contribution is 7.90. The molecule has 1 aromatic carbocycles. The first-order valence-corrected chi connectivity index (χ1v) is 13.0. The lowest BCUT2D eigenvalue weighted by Gasteiger charge is -2.14. The van der Waals surface area contributed by atoms with Crippen LogP contribution in [0.2, 0.25) is 0 Å². The number of aliphatic imine (C=N–C) groups is 1. The van der Waals surface area contributed by atoms with Crippen molar-refractivity contribution in [2.75, 3.05) is 26.1 Å². The zero-order valence-electron chi connectivity index (χ0n) is 19.6. The molecule has 2 aromatic heterocycles. The first-order chi connectivity index (χ1) is 17.2. The largest absolute Gasteiger partial charge is 0.488 e. The number of sulfone groups is 1. The number of halogens is 1. The van der Waals surface area contributed by atoms with Gasteiger partial charge in [0.05, 0.1) is 12.8 Å². The standard InChI is InChI=1S/C24H26FN3O7S/c1-14(10-25)34-17-7-15(8-18(9-17)35-16-3-6-23(26-11-16)36(2,31)32)19-4-5-20(27-19)24-28-21(13-33-24)22(30)12-29/h3-9,11,14,21-22,27,29-30H,10,12-13H2,1-2H3/t14-,21-,22-/m0/s1. The minimum absolute atomic E-state index is 0.0749. The Morgan fingerprint density at radius 2 is 1.92 bits per heavy atom. The van der Waals surface area contributed by atoms with Crippen LogP contribution in [0.25, 0.3) is 11.3 Å². The molecule has 0 aliphatic carbocycles. The minimum Gasteiger partial charge on any atom is -0.488 e. The number of hydrogen-bond donors (Lipinski definition) is 3. The van der Waals surface area contributed by atoms with Gasteiger partial charge in [-0.1, -0.05) is 0 Å². The lowest BCUT2D eigenvalue weighted by Crippen LogP contribution is -2.28. The van der Waals surface area contributed by atoms with Gasteiger partial charge in [0.25, 0.3) is 0 Å².